The summed E-state index contributed by atoms with van der Waals surface area (Å²) >= 11 is 0. The molecule has 100 valence electrons. The lowest BCUT2D eigenvalue weighted by Gasteiger charge is -2.43. The van der Waals surface area contributed by atoms with E-state index < -0.39 is 0 Å². The first-order chi connectivity index (χ1) is 8.13. The lowest BCUT2D eigenvalue weighted by molar-refractivity contribution is 0.0510. The molecule has 2 rings (SSSR count). The molecule has 3 unspecified atom stereocenters. The molecule has 3 heteroatoms. The van der Waals surface area contributed by atoms with Gasteiger partial charge in [0.05, 0.1) is 12.7 Å². The predicted molar refractivity (Wildman–Crippen MR) is 69.0 cm³/mol. The highest BCUT2D eigenvalue weighted by atomic mass is 16.5. The number of hydrogen-bond acceptors (Lipinski definition) is 3. The molecule has 0 aromatic carbocycles. The van der Waals surface area contributed by atoms with Crippen molar-refractivity contribution in [3.63, 3.8) is 0 Å². The third kappa shape index (κ3) is 3.43. The van der Waals surface area contributed by atoms with Crippen LogP contribution >= 0.6 is 0 Å². The van der Waals surface area contributed by atoms with Crippen molar-refractivity contribution in [2.24, 2.45) is 11.8 Å². The molecule has 2 aliphatic rings. The minimum Gasteiger partial charge on any atom is -0.394 e. The van der Waals surface area contributed by atoms with E-state index >= 15 is 0 Å². The summed E-state index contributed by atoms with van der Waals surface area (Å²) < 4.78 is 5.64. The fraction of sp³-hybridized carbons (Fsp3) is 1.00. The van der Waals surface area contributed by atoms with Crippen molar-refractivity contribution < 1.29 is 9.84 Å². The van der Waals surface area contributed by atoms with Crippen LogP contribution in [0.2, 0.25) is 0 Å². The summed E-state index contributed by atoms with van der Waals surface area (Å²) in [5.74, 6) is 1.42. The standard InChI is InChI=1S/C14H27NO2/c1-11-6-12(2)8-14(7-11,10-16)15-9-13-4-3-5-17-13/h11-13,15-16H,3-10H2,1-2H3. The first kappa shape index (κ1) is 13.3. The van der Waals surface area contributed by atoms with Crippen molar-refractivity contribution in [1.82, 2.24) is 5.32 Å². The zero-order valence-corrected chi connectivity index (χ0v) is 11.2. The molecule has 17 heavy (non-hydrogen) atoms. The minimum absolute atomic E-state index is 0.0525. The zero-order chi connectivity index (χ0) is 12.3. The molecule has 3 atom stereocenters. The van der Waals surface area contributed by atoms with Crippen molar-refractivity contribution in [3.05, 3.63) is 0 Å². The monoisotopic (exact) mass is 241 g/mol. The molecule has 2 N–H and O–H groups in total. The second kappa shape index (κ2) is 5.68. The Morgan fingerprint density at radius 1 is 1.29 bits per heavy atom. The average molecular weight is 241 g/mol. The topological polar surface area (TPSA) is 41.5 Å². The Morgan fingerprint density at radius 2 is 2.00 bits per heavy atom. The summed E-state index contributed by atoms with van der Waals surface area (Å²) in [7, 11) is 0. The third-order valence-electron chi connectivity index (χ3n) is 4.31. The Balaban J connectivity index is 1.88. The van der Waals surface area contributed by atoms with E-state index in [0.29, 0.717) is 17.9 Å². The van der Waals surface area contributed by atoms with Crippen LogP contribution in [0.15, 0.2) is 0 Å². The van der Waals surface area contributed by atoms with Gasteiger partial charge in [-0.2, -0.15) is 0 Å². The van der Waals surface area contributed by atoms with Gasteiger partial charge in [0.15, 0.2) is 0 Å². The molecule has 0 bridgehead atoms. The van der Waals surface area contributed by atoms with Crippen LogP contribution in [-0.4, -0.2) is 36.5 Å². The quantitative estimate of drug-likeness (QED) is 0.790. The van der Waals surface area contributed by atoms with Crippen LogP contribution in [0.3, 0.4) is 0 Å². The molecule has 1 aliphatic heterocycles. The van der Waals surface area contributed by atoms with Gasteiger partial charge in [-0.15, -0.1) is 0 Å². The largest absolute Gasteiger partial charge is 0.394 e. The van der Waals surface area contributed by atoms with Crippen LogP contribution in [-0.2, 0) is 4.74 Å². The lowest BCUT2D eigenvalue weighted by atomic mass is 9.72. The molecule has 0 radical (unpaired) electrons. The maximum absolute atomic E-state index is 9.75. The number of aliphatic hydroxyl groups excluding tert-OH is 1. The van der Waals surface area contributed by atoms with Crippen molar-refractivity contribution in [2.75, 3.05) is 19.8 Å². The Morgan fingerprint density at radius 3 is 2.53 bits per heavy atom. The van der Waals surface area contributed by atoms with E-state index in [1.54, 1.807) is 0 Å². The van der Waals surface area contributed by atoms with E-state index in [0.717, 1.165) is 26.0 Å². The number of nitrogens with one attached hydrogen (secondary N) is 1. The summed E-state index contributed by atoms with van der Waals surface area (Å²) in [4.78, 5) is 0. The molecule has 2 fully saturated rings. The van der Waals surface area contributed by atoms with E-state index in [9.17, 15) is 5.11 Å². The number of ether oxygens (including phenoxy) is 1. The fourth-order valence-corrected chi connectivity index (χ4v) is 3.74. The third-order valence-corrected chi connectivity index (χ3v) is 4.31. The molecular formula is C14H27NO2. The van der Waals surface area contributed by atoms with Crippen molar-refractivity contribution in [2.45, 2.75) is 57.6 Å². The van der Waals surface area contributed by atoms with Crippen LogP contribution in [0.25, 0.3) is 0 Å². The smallest absolute Gasteiger partial charge is 0.0700 e. The molecule has 0 spiro atoms. The maximum Gasteiger partial charge on any atom is 0.0700 e. The second-order valence-electron chi connectivity index (χ2n) is 6.31. The van der Waals surface area contributed by atoms with E-state index in [4.69, 9.17) is 4.74 Å². The van der Waals surface area contributed by atoms with E-state index in [-0.39, 0.29) is 12.1 Å². The van der Waals surface area contributed by atoms with Crippen LogP contribution in [0.5, 0.6) is 0 Å². The number of hydrogen-bond donors (Lipinski definition) is 2. The summed E-state index contributed by atoms with van der Waals surface area (Å²) in [6.45, 7) is 6.67. The van der Waals surface area contributed by atoms with Crippen LogP contribution < -0.4 is 5.32 Å². The van der Waals surface area contributed by atoms with Crippen molar-refractivity contribution in [1.29, 1.82) is 0 Å². The zero-order valence-electron chi connectivity index (χ0n) is 11.2. The molecule has 3 nitrogen and oxygen atoms in total. The van der Waals surface area contributed by atoms with Gasteiger partial charge in [-0.3, -0.25) is 0 Å². The van der Waals surface area contributed by atoms with Gasteiger partial charge in [0, 0.05) is 18.7 Å². The van der Waals surface area contributed by atoms with E-state index in [1.165, 1.54) is 19.3 Å². The molecule has 0 aromatic heterocycles. The number of aliphatic hydroxyl groups is 1. The lowest BCUT2D eigenvalue weighted by Crippen LogP contribution is -2.54. The SMILES string of the molecule is CC1CC(C)CC(CO)(NCC2CCCO2)C1. The summed E-state index contributed by atoms with van der Waals surface area (Å²) in [5.41, 5.74) is -0.0525. The second-order valence-corrected chi connectivity index (χ2v) is 6.31. The highest BCUT2D eigenvalue weighted by Gasteiger charge is 2.37. The van der Waals surface area contributed by atoms with Crippen LogP contribution in [0.1, 0.15) is 46.0 Å². The molecule has 1 saturated heterocycles. The summed E-state index contributed by atoms with van der Waals surface area (Å²) in [5, 5.41) is 13.4. The van der Waals surface area contributed by atoms with Crippen molar-refractivity contribution >= 4 is 0 Å². The normalized spacial score (nSPS) is 42.9. The highest BCUT2D eigenvalue weighted by molar-refractivity contribution is 4.95. The maximum atomic E-state index is 9.75. The molecule has 1 heterocycles. The van der Waals surface area contributed by atoms with Gasteiger partial charge in [0.1, 0.15) is 0 Å². The van der Waals surface area contributed by atoms with Gasteiger partial charge in [-0.25, -0.2) is 0 Å². The van der Waals surface area contributed by atoms with Gasteiger partial charge in [0.2, 0.25) is 0 Å². The van der Waals surface area contributed by atoms with Crippen LogP contribution in [0.4, 0.5) is 0 Å². The molecule has 0 amide bonds. The Bertz CT molecular complexity index is 228. The minimum atomic E-state index is -0.0525. The first-order valence-corrected chi connectivity index (χ1v) is 7.11. The van der Waals surface area contributed by atoms with Crippen molar-refractivity contribution in [3.8, 4) is 0 Å². The summed E-state index contributed by atoms with van der Waals surface area (Å²) in [6, 6.07) is 0. The van der Waals surface area contributed by atoms with Gasteiger partial charge in [0.25, 0.3) is 0 Å². The molecular weight excluding hydrogens is 214 g/mol. The van der Waals surface area contributed by atoms with Gasteiger partial charge in [-0.05, 0) is 43.9 Å². The van der Waals surface area contributed by atoms with Crippen LogP contribution in [0, 0.1) is 11.8 Å². The fourth-order valence-electron chi connectivity index (χ4n) is 3.74. The Hall–Kier alpha value is -0.120. The molecule has 1 aliphatic carbocycles. The van der Waals surface area contributed by atoms with Gasteiger partial charge < -0.3 is 15.2 Å². The average Bonchev–Trinajstić information content (AvgIpc) is 2.78. The van der Waals surface area contributed by atoms with E-state index in [2.05, 4.69) is 19.2 Å². The summed E-state index contributed by atoms with van der Waals surface area (Å²) in [6.07, 6.45) is 6.21. The molecule has 0 aromatic rings. The first-order valence-electron chi connectivity index (χ1n) is 7.11. The van der Waals surface area contributed by atoms with Gasteiger partial charge in [-0.1, -0.05) is 13.8 Å². The van der Waals surface area contributed by atoms with Gasteiger partial charge >= 0.3 is 0 Å². The Labute approximate surface area is 105 Å². The highest BCUT2D eigenvalue weighted by Crippen LogP contribution is 2.35. The number of rotatable bonds is 4. The van der Waals surface area contributed by atoms with E-state index in [1.807, 2.05) is 0 Å². The molecule has 1 saturated carbocycles. The Kier molecular flexibility index (Phi) is 4.45. The predicted octanol–water partition coefficient (Wildman–Crippen LogP) is 1.94.